The van der Waals surface area contributed by atoms with Crippen LogP contribution in [0.15, 0.2) is 6.07 Å². The Labute approximate surface area is 105 Å². The van der Waals surface area contributed by atoms with Gasteiger partial charge in [0.2, 0.25) is 0 Å². The Morgan fingerprint density at radius 3 is 2.89 bits per heavy atom. The third kappa shape index (κ3) is 2.14. The Kier molecular flexibility index (Phi) is 2.95. The highest BCUT2D eigenvalue weighted by atomic mass is 16.4. The second-order valence-corrected chi connectivity index (χ2v) is 5.01. The van der Waals surface area contributed by atoms with Crippen LogP contribution in [0.5, 0.6) is 0 Å². The Morgan fingerprint density at radius 2 is 2.28 bits per heavy atom. The molecule has 0 amide bonds. The van der Waals surface area contributed by atoms with Gasteiger partial charge in [0, 0.05) is 5.69 Å². The quantitative estimate of drug-likeness (QED) is 0.846. The molecule has 0 fully saturated rings. The predicted molar refractivity (Wildman–Crippen MR) is 66.3 cm³/mol. The number of aryl methyl sites for hydroxylation is 2. The van der Waals surface area contributed by atoms with Gasteiger partial charge in [0.25, 0.3) is 0 Å². The van der Waals surface area contributed by atoms with Crippen LogP contribution in [0, 0.1) is 11.3 Å². The van der Waals surface area contributed by atoms with Crippen molar-refractivity contribution in [3.63, 3.8) is 0 Å². The van der Waals surface area contributed by atoms with Gasteiger partial charge in [-0.25, -0.2) is 9.78 Å². The number of pyridine rings is 1. The summed E-state index contributed by atoms with van der Waals surface area (Å²) >= 11 is 0. The summed E-state index contributed by atoms with van der Waals surface area (Å²) in [6, 6.07) is 3.88. The van der Waals surface area contributed by atoms with Crippen molar-refractivity contribution in [2.24, 2.45) is 0 Å². The molecular formula is C13H15N3O2. The molecule has 0 aromatic carbocycles. The van der Waals surface area contributed by atoms with Crippen LogP contribution in [0.25, 0.3) is 0 Å². The number of nitriles is 1. The summed E-state index contributed by atoms with van der Waals surface area (Å²) in [7, 11) is 0. The number of fused-ring (bicyclic) bond motifs is 1. The standard InChI is InChI=1S/C13H15N3O2/c1-13(2,12(17)18)16-11-9(7-14)6-8-4-3-5-10(8)15-11/h6H,3-5H2,1-2H3,(H,15,16)(H,17,18). The Balaban J connectivity index is 2.39. The molecule has 1 aliphatic carbocycles. The minimum atomic E-state index is -1.15. The van der Waals surface area contributed by atoms with Crippen LogP contribution in [0.1, 0.15) is 37.1 Å². The van der Waals surface area contributed by atoms with E-state index in [1.807, 2.05) is 6.07 Å². The maximum atomic E-state index is 11.1. The number of nitrogens with zero attached hydrogens (tertiary/aromatic N) is 2. The van der Waals surface area contributed by atoms with Gasteiger partial charge in [-0.05, 0) is 44.7 Å². The lowest BCUT2D eigenvalue weighted by molar-refractivity contribution is -0.141. The minimum absolute atomic E-state index is 0.366. The maximum absolute atomic E-state index is 11.1. The summed E-state index contributed by atoms with van der Waals surface area (Å²) in [6.45, 7) is 3.09. The van der Waals surface area contributed by atoms with Crippen molar-refractivity contribution in [3.8, 4) is 6.07 Å². The first-order chi connectivity index (χ1) is 8.44. The van der Waals surface area contributed by atoms with Crippen LogP contribution < -0.4 is 5.32 Å². The Hall–Kier alpha value is -2.09. The fraction of sp³-hybridized carbons (Fsp3) is 0.462. The molecule has 5 nitrogen and oxygen atoms in total. The van der Waals surface area contributed by atoms with Crippen LogP contribution in [0.3, 0.4) is 0 Å². The number of carboxylic acids is 1. The lowest BCUT2D eigenvalue weighted by Crippen LogP contribution is -2.40. The molecule has 0 bridgehead atoms. The molecule has 0 spiro atoms. The minimum Gasteiger partial charge on any atom is -0.480 e. The van der Waals surface area contributed by atoms with E-state index in [2.05, 4.69) is 16.4 Å². The number of hydrogen-bond donors (Lipinski definition) is 2. The van der Waals surface area contributed by atoms with Crippen molar-refractivity contribution in [1.82, 2.24) is 4.98 Å². The van der Waals surface area contributed by atoms with E-state index in [0.29, 0.717) is 11.4 Å². The zero-order valence-electron chi connectivity index (χ0n) is 10.4. The summed E-state index contributed by atoms with van der Waals surface area (Å²) in [6.07, 6.45) is 2.88. The summed E-state index contributed by atoms with van der Waals surface area (Å²) < 4.78 is 0. The van der Waals surface area contributed by atoms with Crippen LogP contribution in [0.2, 0.25) is 0 Å². The highest BCUT2D eigenvalue weighted by Crippen LogP contribution is 2.26. The normalized spacial score (nSPS) is 13.8. The van der Waals surface area contributed by atoms with E-state index in [1.165, 1.54) is 0 Å². The first kappa shape index (κ1) is 12.4. The number of hydrogen-bond acceptors (Lipinski definition) is 4. The number of rotatable bonds is 3. The molecule has 0 saturated heterocycles. The number of aliphatic carboxylic acids is 1. The fourth-order valence-corrected chi connectivity index (χ4v) is 2.00. The zero-order valence-corrected chi connectivity index (χ0v) is 10.4. The van der Waals surface area contributed by atoms with Gasteiger partial charge in [-0.1, -0.05) is 0 Å². The summed E-state index contributed by atoms with van der Waals surface area (Å²) in [5.41, 5.74) is 1.33. The van der Waals surface area contributed by atoms with E-state index in [0.717, 1.165) is 30.5 Å². The molecule has 0 unspecified atom stereocenters. The molecule has 5 heteroatoms. The monoisotopic (exact) mass is 245 g/mol. The lowest BCUT2D eigenvalue weighted by Gasteiger charge is -2.22. The van der Waals surface area contributed by atoms with Gasteiger partial charge in [-0.15, -0.1) is 0 Å². The van der Waals surface area contributed by atoms with Gasteiger partial charge in [0.1, 0.15) is 17.4 Å². The number of carboxylic acid groups (broad SMARTS) is 1. The van der Waals surface area contributed by atoms with Crippen LogP contribution in [0.4, 0.5) is 5.82 Å². The van der Waals surface area contributed by atoms with E-state index >= 15 is 0 Å². The molecule has 1 heterocycles. The Bertz CT molecular complexity index is 544. The largest absolute Gasteiger partial charge is 0.480 e. The molecule has 1 aromatic rings. The second kappa shape index (κ2) is 4.30. The van der Waals surface area contributed by atoms with Gasteiger partial charge in [0.05, 0.1) is 5.56 Å². The molecule has 0 aliphatic heterocycles. The number of aromatic nitrogens is 1. The zero-order chi connectivity index (χ0) is 13.3. The first-order valence-corrected chi connectivity index (χ1v) is 5.88. The fourth-order valence-electron chi connectivity index (χ4n) is 2.00. The van der Waals surface area contributed by atoms with Crippen molar-refractivity contribution < 1.29 is 9.90 Å². The maximum Gasteiger partial charge on any atom is 0.328 e. The number of carbonyl (C=O) groups is 1. The molecule has 2 N–H and O–H groups in total. The van der Waals surface area contributed by atoms with E-state index in [1.54, 1.807) is 13.8 Å². The van der Waals surface area contributed by atoms with Gasteiger partial charge in [0.15, 0.2) is 0 Å². The van der Waals surface area contributed by atoms with Gasteiger partial charge in [-0.3, -0.25) is 0 Å². The molecule has 0 radical (unpaired) electrons. The van der Waals surface area contributed by atoms with Gasteiger partial charge in [-0.2, -0.15) is 5.26 Å². The highest BCUT2D eigenvalue weighted by Gasteiger charge is 2.29. The lowest BCUT2D eigenvalue weighted by atomic mass is 10.1. The predicted octanol–water partition coefficient (Wildman–Crippen LogP) is 1.72. The molecule has 1 aliphatic rings. The van der Waals surface area contributed by atoms with Crippen molar-refractivity contribution in [1.29, 1.82) is 5.26 Å². The van der Waals surface area contributed by atoms with Gasteiger partial charge < -0.3 is 10.4 Å². The van der Waals surface area contributed by atoms with Crippen LogP contribution in [-0.2, 0) is 17.6 Å². The van der Waals surface area contributed by atoms with Crippen molar-refractivity contribution in [3.05, 3.63) is 22.9 Å². The van der Waals surface area contributed by atoms with Crippen molar-refractivity contribution in [2.75, 3.05) is 5.32 Å². The smallest absolute Gasteiger partial charge is 0.328 e. The molecule has 0 saturated carbocycles. The highest BCUT2D eigenvalue weighted by molar-refractivity contribution is 5.81. The molecule has 18 heavy (non-hydrogen) atoms. The molecular weight excluding hydrogens is 230 g/mol. The van der Waals surface area contributed by atoms with E-state index < -0.39 is 11.5 Å². The number of nitrogens with one attached hydrogen (secondary N) is 1. The molecule has 0 atom stereocenters. The first-order valence-electron chi connectivity index (χ1n) is 5.88. The van der Waals surface area contributed by atoms with Crippen molar-refractivity contribution >= 4 is 11.8 Å². The summed E-state index contributed by atoms with van der Waals surface area (Å²) in [4.78, 5) is 15.5. The van der Waals surface area contributed by atoms with Gasteiger partial charge >= 0.3 is 5.97 Å². The van der Waals surface area contributed by atoms with E-state index in [9.17, 15) is 4.79 Å². The third-order valence-corrected chi connectivity index (χ3v) is 3.14. The van der Waals surface area contributed by atoms with Crippen LogP contribution >= 0.6 is 0 Å². The Morgan fingerprint density at radius 1 is 1.56 bits per heavy atom. The van der Waals surface area contributed by atoms with E-state index in [-0.39, 0.29) is 0 Å². The molecule has 1 aromatic heterocycles. The van der Waals surface area contributed by atoms with Crippen LogP contribution in [-0.4, -0.2) is 21.6 Å². The average molecular weight is 245 g/mol. The second-order valence-electron chi connectivity index (χ2n) is 5.01. The van der Waals surface area contributed by atoms with Crippen molar-refractivity contribution in [2.45, 2.75) is 38.6 Å². The van der Waals surface area contributed by atoms with E-state index in [4.69, 9.17) is 10.4 Å². The average Bonchev–Trinajstić information content (AvgIpc) is 2.74. The topological polar surface area (TPSA) is 86.0 Å². The summed E-state index contributed by atoms with van der Waals surface area (Å²) in [5, 5.41) is 21.0. The third-order valence-electron chi connectivity index (χ3n) is 3.14. The number of anilines is 1. The molecule has 94 valence electrons. The SMILES string of the molecule is CC(C)(Nc1nc2c(cc1C#N)CCC2)C(=O)O. The summed E-state index contributed by atoms with van der Waals surface area (Å²) in [5.74, 6) is -0.612. The molecule has 2 rings (SSSR count).